The van der Waals surface area contributed by atoms with E-state index in [1.165, 1.54) is 38.2 Å². The topological polar surface area (TPSA) is 146 Å². The molecule has 12 heteroatoms. The Hall–Kier alpha value is -4.84. The molecule has 0 spiro atoms. The fourth-order valence-corrected chi connectivity index (χ4v) is 4.23. The quantitative estimate of drug-likeness (QED) is 0.355. The van der Waals surface area contributed by atoms with Gasteiger partial charge < -0.3 is 25.3 Å². The SMILES string of the molecule is COc1nc(C)c(/C=C/C(=O)NCc2ccc(-c3ccc(N4CC([C@H](N)C(C)=O)OC4=O)cc3F)cc2)c(OC)n1. The Morgan fingerprint density at radius 2 is 1.93 bits per heavy atom. The third-order valence-corrected chi connectivity index (χ3v) is 6.56. The molecule has 1 fully saturated rings. The molecular formula is C29H30FN5O6. The number of hydrogen-bond acceptors (Lipinski definition) is 9. The maximum atomic E-state index is 15.1. The molecule has 1 aliphatic rings. The molecule has 1 aromatic heterocycles. The van der Waals surface area contributed by atoms with Crippen LogP contribution in [0.5, 0.6) is 11.9 Å². The zero-order valence-electron chi connectivity index (χ0n) is 23.0. The van der Waals surface area contributed by atoms with Crippen molar-refractivity contribution in [3.63, 3.8) is 0 Å². The summed E-state index contributed by atoms with van der Waals surface area (Å²) in [7, 11) is 2.92. The minimum Gasteiger partial charge on any atom is -0.480 e. The van der Waals surface area contributed by atoms with Gasteiger partial charge in [-0.1, -0.05) is 24.3 Å². The molecule has 0 aliphatic carbocycles. The summed E-state index contributed by atoms with van der Waals surface area (Å²) in [4.78, 5) is 45.8. The van der Waals surface area contributed by atoms with Gasteiger partial charge in [-0.25, -0.2) is 9.18 Å². The third-order valence-electron chi connectivity index (χ3n) is 6.56. The fourth-order valence-electron chi connectivity index (χ4n) is 4.23. The Bertz CT molecular complexity index is 1490. The summed E-state index contributed by atoms with van der Waals surface area (Å²) in [6, 6.07) is 10.7. The monoisotopic (exact) mass is 563 g/mol. The number of anilines is 1. The van der Waals surface area contributed by atoms with E-state index >= 15 is 4.39 Å². The molecule has 0 saturated carbocycles. The van der Waals surface area contributed by atoms with Crippen LogP contribution in [-0.2, 0) is 20.9 Å². The molecule has 3 N–H and O–H groups in total. The number of nitrogens with one attached hydrogen (secondary N) is 1. The number of cyclic esters (lactones) is 1. The molecule has 2 amide bonds. The van der Waals surface area contributed by atoms with E-state index in [-0.39, 0.29) is 36.7 Å². The van der Waals surface area contributed by atoms with Crippen molar-refractivity contribution in [2.75, 3.05) is 25.7 Å². The normalized spacial score (nSPS) is 15.5. The highest BCUT2D eigenvalue weighted by molar-refractivity contribution is 5.92. The van der Waals surface area contributed by atoms with Crippen molar-refractivity contribution < 1.29 is 33.0 Å². The largest absolute Gasteiger partial charge is 0.480 e. The number of aryl methyl sites for hydroxylation is 1. The van der Waals surface area contributed by atoms with Gasteiger partial charge in [0.1, 0.15) is 23.7 Å². The van der Waals surface area contributed by atoms with Crippen molar-refractivity contribution in [2.45, 2.75) is 32.5 Å². The molecule has 2 heterocycles. The van der Waals surface area contributed by atoms with Gasteiger partial charge in [0.2, 0.25) is 11.8 Å². The predicted molar refractivity (Wildman–Crippen MR) is 149 cm³/mol. The minimum absolute atomic E-state index is 0.0506. The van der Waals surface area contributed by atoms with Crippen LogP contribution in [0.1, 0.15) is 23.7 Å². The highest BCUT2D eigenvalue weighted by atomic mass is 19.1. The van der Waals surface area contributed by atoms with Crippen LogP contribution in [0.3, 0.4) is 0 Å². The Morgan fingerprint density at radius 3 is 2.56 bits per heavy atom. The molecule has 4 rings (SSSR count). The summed E-state index contributed by atoms with van der Waals surface area (Å²) in [5, 5.41) is 2.80. The van der Waals surface area contributed by atoms with Gasteiger partial charge in [0.15, 0.2) is 0 Å². The number of Topliss-reactive ketones (excluding diaryl/α,β-unsaturated/α-hetero) is 1. The van der Waals surface area contributed by atoms with E-state index in [1.54, 1.807) is 49.4 Å². The van der Waals surface area contributed by atoms with Crippen LogP contribution in [0.2, 0.25) is 0 Å². The Kier molecular flexibility index (Phi) is 8.93. The molecule has 1 aliphatic heterocycles. The summed E-state index contributed by atoms with van der Waals surface area (Å²) >= 11 is 0. The first-order valence-corrected chi connectivity index (χ1v) is 12.7. The first-order valence-electron chi connectivity index (χ1n) is 12.7. The fraction of sp³-hybridized carbons (Fsp3) is 0.276. The van der Waals surface area contributed by atoms with Crippen molar-refractivity contribution in [1.82, 2.24) is 15.3 Å². The third kappa shape index (κ3) is 6.67. The Morgan fingerprint density at radius 1 is 1.20 bits per heavy atom. The van der Waals surface area contributed by atoms with E-state index in [9.17, 15) is 14.4 Å². The number of benzene rings is 2. The number of halogens is 1. The summed E-state index contributed by atoms with van der Waals surface area (Å²) < 4.78 is 30.5. The lowest BCUT2D eigenvalue weighted by Gasteiger charge is -2.16. The van der Waals surface area contributed by atoms with E-state index in [0.717, 1.165) is 5.56 Å². The van der Waals surface area contributed by atoms with Gasteiger partial charge in [-0.15, -0.1) is 0 Å². The van der Waals surface area contributed by atoms with Crippen molar-refractivity contribution >= 4 is 29.5 Å². The van der Waals surface area contributed by atoms with E-state index in [2.05, 4.69) is 15.3 Å². The molecule has 11 nitrogen and oxygen atoms in total. The van der Waals surface area contributed by atoms with Gasteiger partial charge in [-0.3, -0.25) is 14.5 Å². The van der Waals surface area contributed by atoms with Gasteiger partial charge >= 0.3 is 12.1 Å². The summed E-state index contributed by atoms with van der Waals surface area (Å²) in [5.74, 6) is -0.880. The number of carbonyl (C=O) groups is 3. The first kappa shape index (κ1) is 29.2. The number of ether oxygens (including phenoxy) is 3. The number of ketones is 1. The van der Waals surface area contributed by atoms with Gasteiger partial charge in [-0.2, -0.15) is 9.97 Å². The molecule has 2 atom stereocenters. The van der Waals surface area contributed by atoms with Crippen LogP contribution in [0.4, 0.5) is 14.9 Å². The Balaban J connectivity index is 1.38. The highest BCUT2D eigenvalue weighted by Gasteiger charge is 2.37. The molecular weight excluding hydrogens is 533 g/mol. The van der Waals surface area contributed by atoms with Gasteiger partial charge in [0, 0.05) is 18.2 Å². The molecule has 0 radical (unpaired) electrons. The number of hydrogen-bond donors (Lipinski definition) is 2. The zero-order valence-corrected chi connectivity index (χ0v) is 23.0. The number of carbonyl (C=O) groups excluding carboxylic acids is 3. The van der Waals surface area contributed by atoms with Crippen molar-refractivity contribution in [3.05, 3.63) is 71.2 Å². The molecule has 0 bridgehead atoms. The van der Waals surface area contributed by atoms with Crippen molar-refractivity contribution in [3.8, 4) is 23.0 Å². The molecule has 214 valence electrons. The summed E-state index contributed by atoms with van der Waals surface area (Å²) in [6.45, 7) is 3.38. The standard InChI is InChI=1S/C29H30FN5O6/c1-16-21(27(39-3)34-28(33-16)40-4)11-12-25(37)32-14-18-5-7-19(8-6-18)22-10-9-20(13-23(22)30)35-15-24(41-29(35)38)26(31)17(2)36/h5-13,24,26H,14-15,31H2,1-4H3,(H,32,37)/b12-11+/t24?,26-/m1/s1. The molecule has 3 aromatic rings. The summed E-state index contributed by atoms with van der Waals surface area (Å²) in [5.41, 5.74) is 9.01. The maximum Gasteiger partial charge on any atom is 0.414 e. The van der Waals surface area contributed by atoms with E-state index in [0.29, 0.717) is 28.1 Å². The number of aromatic nitrogens is 2. The van der Waals surface area contributed by atoms with Gasteiger partial charge in [-0.05, 0) is 49.2 Å². The molecule has 2 aromatic carbocycles. The van der Waals surface area contributed by atoms with Gasteiger partial charge in [0.25, 0.3) is 0 Å². The average molecular weight is 564 g/mol. The maximum absolute atomic E-state index is 15.1. The molecule has 1 unspecified atom stereocenters. The number of nitrogens with zero attached hydrogens (tertiary/aromatic N) is 3. The lowest BCUT2D eigenvalue weighted by atomic mass is 10.0. The van der Waals surface area contributed by atoms with E-state index in [1.807, 2.05) is 0 Å². The minimum atomic E-state index is -0.941. The average Bonchev–Trinajstić information content (AvgIpc) is 3.36. The second kappa shape index (κ2) is 12.6. The number of methoxy groups -OCH3 is 2. The van der Waals surface area contributed by atoms with Crippen LogP contribution in [0, 0.1) is 12.7 Å². The molecule has 41 heavy (non-hydrogen) atoms. The molecule has 1 saturated heterocycles. The van der Waals surface area contributed by atoms with Crippen LogP contribution in [-0.4, -0.2) is 60.7 Å². The smallest absolute Gasteiger partial charge is 0.414 e. The second-order valence-electron chi connectivity index (χ2n) is 9.30. The van der Waals surface area contributed by atoms with E-state index in [4.69, 9.17) is 19.9 Å². The zero-order chi connectivity index (χ0) is 29.7. The second-order valence-corrected chi connectivity index (χ2v) is 9.30. The van der Waals surface area contributed by atoms with Crippen molar-refractivity contribution in [1.29, 1.82) is 0 Å². The van der Waals surface area contributed by atoms with Crippen LogP contribution in [0.15, 0.2) is 48.5 Å². The lowest BCUT2D eigenvalue weighted by Crippen LogP contribution is -2.43. The highest BCUT2D eigenvalue weighted by Crippen LogP contribution is 2.30. The van der Waals surface area contributed by atoms with Crippen LogP contribution in [0.25, 0.3) is 17.2 Å². The lowest BCUT2D eigenvalue weighted by molar-refractivity contribution is -0.120. The first-order chi connectivity index (χ1) is 19.6. The number of nitrogens with two attached hydrogens (primary N) is 1. The van der Waals surface area contributed by atoms with Gasteiger partial charge in [0.05, 0.1) is 37.7 Å². The number of amides is 2. The van der Waals surface area contributed by atoms with Crippen molar-refractivity contribution in [2.24, 2.45) is 5.73 Å². The summed E-state index contributed by atoms with van der Waals surface area (Å²) in [6.07, 6.45) is 1.44. The van der Waals surface area contributed by atoms with Crippen LogP contribution >= 0.6 is 0 Å². The Labute approximate surface area is 236 Å². The van der Waals surface area contributed by atoms with Crippen LogP contribution < -0.4 is 25.4 Å². The van der Waals surface area contributed by atoms with E-state index < -0.39 is 24.1 Å². The number of rotatable bonds is 10. The predicted octanol–water partition coefficient (Wildman–Crippen LogP) is 3.18.